The van der Waals surface area contributed by atoms with Crippen LogP contribution >= 0.6 is 0 Å². The average Bonchev–Trinajstić information content (AvgIpc) is 3.11. The fourth-order valence-electron chi connectivity index (χ4n) is 5.97. The topological polar surface area (TPSA) is 39.2 Å². The molecule has 3 aromatic rings. The van der Waals surface area contributed by atoms with Crippen LogP contribution in [-0.4, -0.2) is 42.2 Å². The van der Waals surface area contributed by atoms with Crippen molar-refractivity contribution in [2.45, 2.75) is 32.9 Å². The van der Waals surface area contributed by atoms with Crippen LogP contribution in [0.4, 0.5) is 11.4 Å². The summed E-state index contributed by atoms with van der Waals surface area (Å²) < 4.78 is 0. The van der Waals surface area contributed by atoms with Gasteiger partial charge in [0.1, 0.15) is 5.41 Å². The molecule has 1 saturated heterocycles. The summed E-state index contributed by atoms with van der Waals surface area (Å²) >= 11 is 0. The van der Waals surface area contributed by atoms with Crippen molar-refractivity contribution >= 4 is 23.0 Å². The molecule has 0 bridgehead atoms. The zero-order valence-electron chi connectivity index (χ0n) is 19.8. The lowest BCUT2D eigenvalue weighted by Crippen LogP contribution is -2.66. The first-order valence-electron chi connectivity index (χ1n) is 12.1. The van der Waals surface area contributed by atoms with Crippen molar-refractivity contribution in [1.29, 1.82) is 0 Å². The normalized spacial score (nSPS) is 24.2. The monoisotopic (exact) mass is 450 g/mol. The summed E-state index contributed by atoms with van der Waals surface area (Å²) in [4.78, 5) is 19.3. The molecule has 3 aliphatic heterocycles. The van der Waals surface area contributed by atoms with E-state index in [2.05, 4.69) is 71.3 Å². The minimum absolute atomic E-state index is 0.0477. The standard InChI is InChI=1S/C29H30N4O/c1-21-12-14-25(15-13-21)33-28(34)29(22(2)30-33)18-24-10-6-7-11-26(24)32-17-16-31(20-27(29)32)19-23-8-4-3-5-9-23/h3-15,27H,16-20H2,1-2H3/t27-,29-/m0/s1. The molecule has 3 aromatic carbocycles. The molecule has 172 valence electrons. The third kappa shape index (κ3) is 3.26. The van der Waals surface area contributed by atoms with E-state index in [1.165, 1.54) is 22.4 Å². The number of aryl methyl sites for hydroxylation is 1. The Kier molecular flexibility index (Phi) is 5.03. The first kappa shape index (κ1) is 21.1. The van der Waals surface area contributed by atoms with Crippen molar-refractivity contribution in [2.24, 2.45) is 10.5 Å². The van der Waals surface area contributed by atoms with Gasteiger partial charge in [-0.3, -0.25) is 9.69 Å². The van der Waals surface area contributed by atoms with Crippen molar-refractivity contribution in [3.05, 3.63) is 95.6 Å². The SMILES string of the molecule is CC1=NN(c2ccc(C)cc2)C(=O)[C@@]12Cc1ccccc1N1CCN(Cc3ccccc3)C[C@H]12. The van der Waals surface area contributed by atoms with Crippen LogP contribution in [0.2, 0.25) is 0 Å². The number of carbonyl (C=O) groups excluding carboxylic acids is 1. The molecule has 0 radical (unpaired) electrons. The van der Waals surface area contributed by atoms with E-state index in [1.807, 2.05) is 31.2 Å². The molecule has 34 heavy (non-hydrogen) atoms. The Morgan fingerprint density at radius 3 is 2.44 bits per heavy atom. The van der Waals surface area contributed by atoms with Crippen LogP contribution in [0, 0.1) is 12.3 Å². The zero-order chi connectivity index (χ0) is 23.3. The van der Waals surface area contributed by atoms with E-state index in [0.717, 1.165) is 37.6 Å². The largest absolute Gasteiger partial charge is 0.364 e. The predicted octanol–water partition coefficient (Wildman–Crippen LogP) is 4.65. The van der Waals surface area contributed by atoms with Crippen molar-refractivity contribution in [3.8, 4) is 0 Å². The number of benzene rings is 3. The lowest BCUT2D eigenvalue weighted by molar-refractivity contribution is -0.125. The van der Waals surface area contributed by atoms with Gasteiger partial charge in [0.05, 0.1) is 17.4 Å². The van der Waals surface area contributed by atoms with Crippen molar-refractivity contribution in [1.82, 2.24) is 4.90 Å². The minimum atomic E-state index is -0.658. The van der Waals surface area contributed by atoms with Gasteiger partial charge in [0.15, 0.2) is 0 Å². The summed E-state index contributed by atoms with van der Waals surface area (Å²) in [5, 5.41) is 6.52. The molecule has 0 aromatic heterocycles. The van der Waals surface area contributed by atoms with E-state index in [1.54, 1.807) is 5.01 Å². The maximum atomic E-state index is 14.3. The summed E-state index contributed by atoms with van der Waals surface area (Å²) in [6.07, 6.45) is 0.694. The minimum Gasteiger partial charge on any atom is -0.364 e. The van der Waals surface area contributed by atoms with E-state index in [0.29, 0.717) is 6.42 Å². The van der Waals surface area contributed by atoms with E-state index < -0.39 is 5.41 Å². The summed E-state index contributed by atoms with van der Waals surface area (Å²) in [6.45, 7) is 7.72. The van der Waals surface area contributed by atoms with Gasteiger partial charge in [0.2, 0.25) is 0 Å². The summed E-state index contributed by atoms with van der Waals surface area (Å²) in [7, 11) is 0. The Labute approximate surface area is 201 Å². The number of rotatable bonds is 3. The number of para-hydroxylation sites is 1. The van der Waals surface area contributed by atoms with Gasteiger partial charge in [0.25, 0.3) is 5.91 Å². The fraction of sp³-hybridized carbons (Fsp3) is 0.310. The molecule has 0 N–H and O–H groups in total. The second kappa shape index (κ2) is 8.10. The van der Waals surface area contributed by atoms with E-state index in [4.69, 9.17) is 5.10 Å². The molecule has 3 aliphatic rings. The van der Waals surface area contributed by atoms with Crippen LogP contribution in [0.25, 0.3) is 0 Å². The number of nitrogens with zero attached hydrogens (tertiary/aromatic N) is 4. The highest BCUT2D eigenvalue weighted by Crippen LogP contribution is 2.48. The van der Waals surface area contributed by atoms with Crippen molar-refractivity contribution in [3.63, 3.8) is 0 Å². The second-order valence-corrected chi connectivity index (χ2v) is 9.84. The molecule has 0 aliphatic carbocycles. The van der Waals surface area contributed by atoms with Gasteiger partial charge in [0, 0.05) is 31.9 Å². The number of anilines is 2. The van der Waals surface area contributed by atoms with Crippen LogP contribution in [0.3, 0.4) is 0 Å². The molecular formula is C29H30N4O. The van der Waals surface area contributed by atoms with Gasteiger partial charge in [-0.25, -0.2) is 0 Å². The number of carbonyl (C=O) groups is 1. The first-order valence-corrected chi connectivity index (χ1v) is 12.1. The van der Waals surface area contributed by atoms with Crippen LogP contribution in [-0.2, 0) is 17.8 Å². The highest BCUT2D eigenvalue weighted by Gasteiger charge is 2.59. The maximum Gasteiger partial charge on any atom is 0.261 e. The molecule has 0 unspecified atom stereocenters. The Hall–Kier alpha value is -3.44. The molecule has 1 amide bonds. The quantitative estimate of drug-likeness (QED) is 0.583. The molecule has 0 saturated carbocycles. The number of hydrazone groups is 1. The van der Waals surface area contributed by atoms with E-state index in [9.17, 15) is 4.79 Å². The Bertz CT molecular complexity index is 1250. The summed E-state index contributed by atoms with van der Waals surface area (Å²) in [5.41, 5.74) is 6.10. The first-order chi connectivity index (χ1) is 16.6. The molecule has 1 fully saturated rings. The highest BCUT2D eigenvalue weighted by molar-refractivity contribution is 6.20. The zero-order valence-corrected chi connectivity index (χ0v) is 19.8. The number of hydrogen-bond donors (Lipinski definition) is 0. The van der Waals surface area contributed by atoms with E-state index in [-0.39, 0.29) is 11.9 Å². The highest BCUT2D eigenvalue weighted by atomic mass is 16.2. The summed E-state index contributed by atoms with van der Waals surface area (Å²) in [6, 6.07) is 27.4. The van der Waals surface area contributed by atoms with Crippen LogP contribution in [0.5, 0.6) is 0 Å². The molecular weight excluding hydrogens is 420 g/mol. The Morgan fingerprint density at radius 2 is 1.65 bits per heavy atom. The Morgan fingerprint density at radius 1 is 0.912 bits per heavy atom. The summed E-state index contributed by atoms with van der Waals surface area (Å²) in [5.74, 6) is 0.0971. The number of amides is 1. The van der Waals surface area contributed by atoms with Crippen LogP contribution < -0.4 is 9.91 Å². The van der Waals surface area contributed by atoms with Crippen LogP contribution in [0.1, 0.15) is 23.6 Å². The second-order valence-electron chi connectivity index (χ2n) is 9.84. The number of fused-ring (bicyclic) bond motifs is 4. The van der Waals surface area contributed by atoms with Crippen LogP contribution in [0.15, 0.2) is 84.0 Å². The lowest BCUT2D eigenvalue weighted by atomic mass is 9.67. The smallest absolute Gasteiger partial charge is 0.261 e. The number of piperazine rings is 1. The third-order valence-corrected chi connectivity index (χ3v) is 7.80. The van der Waals surface area contributed by atoms with Gasteiger partial charge in [-0.15, -0.1) is 0 Å². The number of hydrogen-bond acceptors (Lipinski definition) is 4. The van der Waals surface area contributed by atoms with Gasteiger partial charge < -0.3 is 4.90 Å². The molecule has 6 rings (SSSR count). The van der Waals surface area contributed by atoms with E-state index >= 15 is 0 Å². The van der Waals surface area contributed by atoms with Crippen molar-refractivity contribution < 1.29 is 4.79 Å². The predicted molar refractivity (Wildman–Crippen MR) is 137 cm³/mol. The maximum absolute atomic E-state index is 14.3. The average molecular weight is 451 g/mol. The molecule has 5 nitrogen and oxygen atoms in total. The lowest BCUT2D eigenvalue weighted by Gasteiger charge is -2.53. The van der Waals surface area contributed by atoms with Gasteiger partial charge in [-0.1, -0.05) is 66.2 Å². The molecule has 2 atom stereocenters. The Balaban J connectivity index is 1.39. The molecule has 1 spiro atoms. The molecule has 3 heterocycles. The van der Waals surface area contributed by atoms with Gasteiger partial charge in [-0.05, 0) is 49.6 Å². The molecule has 5 heteroatoms. The fourth-order valence-corrected chi connectivity index (χ4v) is 5.97. The van der Waals surface area contributed by atoms with Crippen molar-refractivity contribution in [2.75, 3.05) is 29.5 Å². The van der Waals surface area contributed by atoms with Gasteiger partial charge >= 0.3 is 0 Å². The van der Waals surface area contributed by atoms with Gasteiger partial charge in [-0.2, -0.15) is 10.1 Å². The third-order valence-electron chi connectivity index (χ3n) is 7.80.